The molecule has 3 N–H and O–H groups in total. The molecule has 3 heteroatoms. The van der Waals surface area contributed by atoms with Crippen LogP contribution in [0, 0.1) is 10.5 Å². The van der Waals surface area contributed by atoms with Gasteiger partial charge in [0.25, 0.3) is 0 Å². The number of hydrogen-bond donors (Lipinski definition) is 2. The molecule has 2 aromatic rings. The molecule has 2 aromatic carbocycles. The van der Waals surface area contributed by atoms with Crippen molar-refractivity contribution in [2.24, 2.45) is 0 Å². The van der Waals surface area contributed by atoms with Crippen LogP contribution in [0.15, 0.2) is 42.5 Å². The van der Waals surface area contributed by atoms with Crippen molar-refractivity contribution < 1.29 is 0 Å². The van der Waals surface area contributed by atoms with Crippen molar-refractivity contribution in [3.63, 3.8) is 0 Å². The molecule has 0 fully saturated rings. The summed E-state index contributed by atoms with van der Waals surface area (Å²) in [6.45, 7) is 2.01. The number of nitrogens with two attached hydrogens (primary N) is 1. The Balaban J connectivity index is 2.35. The summed E-state index contributed by atoms with van der Waals surface area (Å²) in [7, 11) is 0. The highest BCUT2D eigenvalue weighted by atomic mass is 127. The zero-order chi connectivity index (χ0) is 11.5. The second kappa shape index (κ2) is 4.74. The summed E-state index contributed by atoms with van der Waals surface area (Å²) in [5.74, 6) is 0. The first-order valence-electron chi connectivity index (χ1n) is 5.05. The SMILES string of the molecule is Cc1cccc(Nc2ccccc2I)c1N. The fourth-order valence-electron chi connectivity index (χ4n) is 1.50. The zero-order valence-electron chi connectivity index (χ0n) is 9.00. The van der Waals surface area contributed by atoms with Gasteiger partial charge in [-0.25, -0.2) is 0 Å². The molecular formula is C13H13IN2. The number of nitrogens with one attached hydrogen (secondary N) is 1. The first-order chi connectivity index (χ1) is 7.68. The van der Waals surface area contributed by atoms with Crippen LogP contribution in [0.1, 0.15) is 5.56 Å². The maximum absolute atomic E-state index is 6.02. The number of anilines is 3. The quantitative estimate of drug-likeness (QED) is 0.649. The topological polar surface area (TPSA) is 38.0 Å². The number of nitrogen functional groups attached to an aromatic ring is 1. The number of rotatable bonds is 2. The minimum atomic E-state index is 0.808. The monoisotopic (exact) mass is 324 g/mol. The van der Waals surface area contributed by atoms with Crippen LogP contribution in [-0.2, 0) is 0 Å². The summed E-state index contributed by atoms with van der Waals surface area (Å²) in [5, 5.41) is 3.35. The third kappa shape index (κ3) is 2.29. The highest BCUT2D eigenvalue weighted by molar-refractivity contribution is 14.1. The molecule has 16 heavy (non-hydrogen) atoms. The van der Waals surface area contributed by atoms with Crippen molar-refractivity contribution in [2.75, 3.05) is 11.1 Å². The molecule has 0 unspecified atom stereocenters. The summed E-state index contributed by atoms with van der Waals surface area (Å²) in [6, 6.07) is 14.1. The lowest BCUT2D eigenvalue weighted by molar-refractivity contribution is 1.44. The van der Waals surface area contributed by atoms with Crippen LogP contribution >= 0.6 is 22.6 Å². The maximum atomic E-state index is 6.02. The lowest BCUT2D eigenvalue weighted by Gasteiger charge is -2.12. The van der Waals surface area contributed by atoms with Crippen LogP contribution in [0.5, 0.6) is 0 Å². The van der Waals surface area contributed by atoms with Gasteiger partial charge < -0.3 is 11.1 Å². The predicted molar refractivity (Wildman–Crippen MR) is 78.0 cm³/mol. The summed E-state index contributed by atoms with van der Waals surface area (Å²) in [5.41, 5.74) is 9.96. The Kier molecular flexibility index (Phi) is 3.33. The van der Waals surface area contributed by atoms with E-state index in [1.165, 1.54) is 3.57 Å². The number of benzene rings is 2. The molecule has 2 nitrogen and oxygen atoms in total. The standard InChI is InChI=1S/C13H13IN2/c1-9-5-4-8-12(13(9)15)16-11-7-3-2-6-10(11)14/h2-8,16H,15H2,1H3. The van der Waals surface area contributed by atoms with Gasteiger partial charge in [-0.2, -0.15) is 0 Å². The minimum absolute atomic E-state index is 0.808. The van der Waals surface area contributed by atoms with Crippen LogP contribution in [-0.4, -0.2) is 0 Å². The molecule has 0 radical (unpaired) electrons. The van der Waals surface area contributed by atoms with Crippen LogP contribution in [0.2, 0.25) is 0 Å². The fraction of sp³-hybridized carbons (Fsp3) is 0.0769. The molecule has 0 heterocycles. The van der Waals surface area contributed by atoms with Gasteiger partial charge in [-0.1, -0.05) is 24.3 Å². The van der Waals surface area contributed by atoms with Crippen LogP contribution in [0.25, 0.3) is 0 Å². The van der Waals surface area contributed by atoms with E-state index in [4.69, 9.17) is 5.73 Å². The summed E-state index contributed by atoms with van der Waals surface area (Å²) >= 11 is 2.30. The third-order valence-electron chi connectivity index (χ3n) is 2.47. The number of hydrogen-bond acceptors (Lipinski definition) is 2. The van der Waals surface area contributed by atoms with Crippen LogP contribution < -0.4 is 11.1 Å². The molecule has 0 saturated carbocycles. The van der Waals surface area contributed by atoms with Crippen LogP contribution in [0.3, 0.4) is 0 Å². The minimum Gasteiger partial charge on any atom is -0.397 e. The average Bonchev–Trinajstić information content (AvgIpc) is 2.28. The Labute approximate surface area is 109 Å². The molecule has 0 saturated heterocycles. The third-order valence-corrected chi connectivity index (χ3v) is 3.41. The molecule has 2 rings (SSSR count). The van der Waals surface area contributed by atoms with E-state index in [2.05, 4.69) is 34.0 Å². The Hall–Kier alpha value is -1.23. The van der Waals surface area contributed by atoms with Gasteiger partial charge >= 0.3 is 0 Å². The van der Waals surface area contributed by atoms with Crippen molar-refractivity contribution in [1.29, 1.82) is 0 Å². The largest absolute Gasteiger partial charge is 0.397 e. The highest BCUT2D eigenvalue weighted by Crippen LogP contribution is 2.27. The molecule has 0 aliphatic heterocycles. The van der Waals surface area contributed by atoms with Gasteiger partial charge in [-0.3, -0.25) is 0 Å². The molecule has 0 spiro atoms. The van der Waals surface area contributed by atoms with Gasteiger partial charge in [0, 0.05) is 3.57 Å². The molecular weight excluding hydrogens is 311 g/mol. The summed E-state index contributed by atoms with van der Waals surface area (Å²) in [6.07, 6.45) is 0. The zero-order valence-corrected chi connectivity index (χ0v) is 11.2. The van der Waals surface area contributed by atoms with E-state index < -0.39 is 0 Å². The number of para-hydroxylation sites is 2. The molecule has 0 aliphatic rings. The second-order valence-corrected chi connectivity index (χ2v) is 4.80. The molecule has 0 amide bonds. The summed E-state index contributed by atoms with van der Waals surface area (Å²) in [4.78, 5) is 0. The van der Waals surface area contributed by atoms with Gasteiger partial charge in [0.2, 0.25) is 0 Å². The lowest BCUT2D eigenvalue weighted by Crippen LogP contribution is -1.99. The van der Waals surface area contributed by atoms with Gasteiger partial charge in [0.15, 0.2) is 0 Å². The first-order valence-corrected chi connectivity index (χ1v) is 6.13. The Morgan fingerprint density at radius 2 is 1.69 bits per heavy atom. The van der Waals surface area contributed by atoms with Gasteiger partial charge in [-0.05, 0) is 53.3 Å². The Morgan fingerprint density at radius 3 is 2.44 bits per heavy atom. The number of halogens is 1. The van der Waals surface area contributed by atoms with E-state index in [-0.39, 0.29) is 0 Å². The van der Waals surface area contributed by atoms with Gasteiger partial charge in [-0.15, -0.1) is 0 Å². The van der Waals surface area contributed by atoms with Crippen molar-refractivity contribution >= 4 is 39.7 Å². The van der Waals surface area contributed by atoms with Gasteiger partial charge in [0.05, 0.1) is 17.1 Å². The normalized spacial score (nSPS) is 10.1. The van der Waals surface area contributed by atoms with Crippen molar-refractivity contribution in [2.45, 2.75) is 6.92 Å². The maximum Gasteiger partial charge on any atom is 0.0620 e. The first kappa shape index (κ1) is 11.3. The van der Waals surface area contributed by atoms with E-state index in [0.717, 1.165) is 22.6 Å². The molecule has 0 atom stereocenters. The number of aryl methyl sites for hydroxylation is 1. The highest BCUT2D eigenvalue weighted by Gasteiger charge is 2.03. The molecule has 0 bridgehead atoms. The smallest absolute Gasteiger partial charge is 0.0620 e. The average molecular weight is 324 g/mol. The predicted octanol–water partition coefficient (Wildman–Crippen LogP) is 3.93. The van der Waals surface area contributed by atoms with E-state index in [1.807, 2.05) is 43.3 Å². The second-order valence-electron chi connectivity index (χ2n) is 3.64. The Morgan fingerprint density at radius 1 is 1.00 bits per heavy atom. The molecule has 0 aromatic heterocycles. The van der Waals surface area contributed by atoms with E-state index >= 15 is 0 Å². The molecule has 82 valence electrons. The lowest BCUT2D eigenvalue weighted by atomic mass is 10.1. The van der Waals surface area contributed by atoms with Crippen molar-refractivity contribution in [3.05, 3.63) is 51.6 Å². The van der Waals surface area contributed by atoms with E-state index in [0.29, 0.717) is 0 Å². The Bertz CT molecular complexity index is 509. The van der Waals surface area contributed by atoms with Crippen molar-refractivity contribution in [1.82, 2.24) is 0 Å². The fourth-order valence-corrected chi connectivity index (χ4v) is 2.02. The van der Waals surface area contributed by atoms with Gasteiger partial charge in [0.1, 0.15) is 0 Å². The van der Waals surface area contributed by atoms with Crippen molar-refractivity contribution in [3.8, 4) is 0 Å². The van der Waals surface area contributed by atoms with Crippen LogP contribution in [0.4, 0.5) is 17.1 Å². The van der Waals surface area contributed by atoms with E-state index in [1.54, 1.807) is 0 Å². The molecule has 0 aliphatic carbocycles. The van der Waals surface area contributed by atoms with E-state index in [9.17, 15) is 0 Å². The summed E-state index contributed by atoms with van der Waals surface area (Å²) < 4.78 is 1.18.